The van der Waals surface area contributed by atoms with Crippen LogP contribution in [-0.2, 0) is 6.42 Å². The van der Waals surface area contributed by atoms with Gasteiger partial charge >= 0.3 is 0 Å². The van der Waals surface area contributed by atoms with Crippen LogP contribution in [0.15, 0.2) is 18.3 Å². The van der Waals surface area contributed by atoms with E-state index in [1.54, 1.807) is 0 Å². The van der Waals surface area contributed by atoms with Crippen molar-refractivity contribution in [3.8, 4) is 5.75 Å². The third kappa shape index (κ3) is 7.89. The molecule has 1 aromatic heterocycles. The lowest BCUT2D eigenvalue weighted by molar-refractivity contribution is 0.121. The minimum Gasteiger partial charge on any atom is -0.492 e. The van der Waals surface area contributed by atoms with E-state index < -0.39 is 0 Å². The molecule has 3 rings (SSSR count). The molecular formula is C28H47NO. The monoisotopic (exact) mass is 413 g/mol. The van der Waals surface area contributed by atoms with Crippen LogP contribution in [0.25, 0.3) is 0 Å². The van der Waals surface area contributed by atoms with Crippen molar-refractivity contribution in [3.63, 3.8) is 0 Å². The van der Waals surface area contributed by atoms with E-state index in [9.17, 15) is 0 Å². The van der Waals surface area contributed by atoms with Gasteiger partial charge in [0.2, 0.25) is 0 Å². The van der Waals surface area contributed by atoms with E-state index in [1.165, 1.54) is 102 Å². The van der Waals surface area contributed by atoms with Gasteiger partial charge < -0.3 is 4.74 Å². The molecule has 30 heavy (non-hydrogen) atoms. The van der Waals surface area contributed by atoms with Gasteiger partial charge in [0.1, 0.15) is 5.75 Å². The predicted octanol–water partition coefficient (Wildman–Crippen LogP) is 8.39. The Hall–Kier alpha value is -1.05. The fourth-order valence-corrected chi connectivity index (χ4v) is 5.86. The van der Waals surface area contributed by atoms with Gasteiger partial charge in [-0.15, -0.1) is 0 Å². The summed E-state index contributed by atoms with van der Waals surface area (Å²) >= 11 is 0. The molecule has 2 saturated carbocycles. The lowest BCUT2D eigenvalue weighted by Gasteiger charge is -2.37. The first-order chi connectivity index (χ1) is 14.8. The van der Waals surface area contributed by atoms with E-state index in [0.717, 1.165) is 42.4 Å². The minimum atomic E-state index is 0.746. The first-order valence-corrected chi connectivity index (χ1v) is 13.4. The van der Waals surface area contributed by atoms with Crippen LogP contribution in [0, 0.1) is 23.7 Å². The summed E-state index contributed by atoms with van der Waals surface area (Å²) in [4.78, 5) is 4.61. The number of hydrogen-bond donors (Lipinski definition) is 0. The Morgan fingerprint density at radius 2 is 1.43 bits per heavy atom. The van der Waals surface area contributed by atoms with Crippen LogP contribution >= 0.6 is 0 Å². The Morgan fingerprint density at radius 3 is 2.03 bits per heavy atom. The molecule has 0 saturated heterocycles. The van der Waals surface area contributed by atoms with E-state index in [4.69, 9.17) is 4.74 Å². The molecule has 0 N–H and O–H groups in total. The standard InChI is InChI=1S/C28H47NO/c1-3-5-7-8-10-27-19-20-28(21-29-27)30-22-24-13-17-26(18-14-24)25-15-11-23(12-16-25)9-6-4-2/h19-21,23-26H,3-18,22H2,1-2H3. The molecular weight excluding hydrogens is 366 g/mol. The molecule has 0 radical (unpaired) electrons. The largest absolute Gasteiger partial charge is 0.492 e. The number of hydrogen-bond acceptors (Lipinski definition) is 2. The van der Waals surface area contributed by atoms with Crippen LogP contribution < -0.4 is 4.74 Å². The molecule has 2 nitrogen and oxygen atoms in total. The van der Waals surface area contributed by atoms with Crippen LogP contribution in [0.3, 0.4) is 0 Å². The first-order valence-electron chi connectivity index (χ1n) is 13.4. The van der Waals surface area contributed by atoms with Crippen molar-refractivity contribution < 1.29 is 4.74 Å². The van der Waals surface area contributed by atoms with Crippen molar-refractivity contribution in [2.75, 3.05) is 6.61 Å². The van der Waals surface area contributed by atoms with Crippen molar-refractivity contribution in [1.29, 1.82) is 0 Å². The van der Waals surface area contributed by atoms with Crippen molar-refractivity contribution in [3.05, 3.63) is 24.0 Å². The van der Waals surface area contributed by atoms with Gasteiger partial charge in [0, 0.05) is 5.69 Å². The highest BCUT2D eigenvalue weighted by molar-refractivity contribution is 5.20. The maximum atomic E-state index is 6.11. The van der Waals surface area contributed by atoms with Crippen molar-refractivity contribution in [2.45, 2.75) is 117 Å². The molecule has 0 aromatic carbocycles. The van der Waals surface area contributed by atoms with Crippen LogP contribution in [0.1, 0.15) is 116 Å². The maximum absolute atomic E-state index is 6.11. The number of unbranched alkanes of at least 4 members (excludes halogenated alkanes) is 4. The van der Waals surface area contributed by atoms with E-state index in [0.29, 0.717) is 0 Å². The van der Waals surface area contributed by atoms with E-state index in [-0.39, 0.29) is 0 Å². The fraction of sp³-hybridized carbons (Fsp3) is 0.821. The second kappa shape index (κ2) is 13.4. The smallest absolute Gasteiger partial charge is 0.137 e. The second-order valence-corrected chi connectivity index (χ2v) is 10.3. The maximum Gasteiger partial charge on any atom is 0.137 e. The molecule has 0 bridgehead atoms. The Labute approximate surface area is 186 Å². The SMILES string of the molecule is CCCCCCc1ccc(OCC2CCC(C3CCC(CCCC)CC3)CC2)cn1. The summed E-state index contributed by atoms with van der Waals surface area (Å²) in [6.45, 7) is 5.47. The molecule has 2 aliphatic carbocycles. The number of aryl methyl sites for hydroxylation is 1. The Morgan fingerprint density at radius 1 is 0.767 bits per heavy atom. The molecule has 0 spiro atoms. The second-order valence-electron chi connectivity index (χ2n) is 10.3. The summed E-state index contributed by atoms with van der Waals surface area (Å²) in [7, 11) is 0. The van der Waals surface area contributed by atoms with Crippen molar-refractivity contribution in [1.82, 2.24) is 4.98 Å². The summed E-state index contributed by atoms with van der Waals surface area (Å²) in [6.07, 6.45) is 24.2. The molecule has 1 aromatic rings. The third-order valence-electron chi connectivity index (χ3n) is 7.99. The zero-order valence-corrected chi connectivity index (χ0v) is 19.9. The van der Waals surface area contributed by atoms with Gasteiger partial charge in [-0.3, -0.25) is 4.98 Å². The Balaban J connectivity index is 1.30. The average Bonchev–Trinajstić information content (AvgIpc) is 2.81. The van der Waals surface area contributed by atoms with Gasteiger partial charge in [-0.05, 0) is 87.2 Å². The van der Waals surface area contributed by atoms with Crippen molar-refractivity contribution >= 4 is 0 Å². The van der Waals surface area contributed by atoms with Gasteiger partial charge in [0.05, 0.1) is 12.8 Å². The number of ether oxygens (including phenoxy) is 1. The number of rotatable bonds is 12. The van der Waals surface area contributed by atoms with Gasteiger partial charge in [0.15, 0.2) is 0 Å². The lowest BCUT2D eigenvalue weighted by atomic mass is 9.69. The molecule has 1 heterocycles. The Kier molecular flexibility index (Phi) is 10.5. The van der Waals surface area contributed by atoms with Gasteiger partial charge in [-0.2, -0.15) is 0 Å². The summed E-state index contributed by atoms with van der Waals surface area (Å²) < 4.78 is 6.11. The van der Waals surface area contributed by atoms with Crippen molar-refractivity contribution in [2.24, 2.45) is 23.7 Å². The third-order valence-corrected chi connectivity index (χ3v) is 7.99. The van der Waals surface area contributed by atoms with Crippen LogP contribution in [0.5, 0.6) is 5.75 Å². The minimum absolute atomic E-state index is 0.746. The summed E-state index contributed by atoms with van der Waals surface area (Å²) in [6, 6.07) is 4.29. The molecule has 170 valence electrons. The molecule has 0 atom stereocenters. The van der Waals surface area contributed by atoms with E-state index >= 15 is 0 Å². The quantitative estimate of drug-likeness (QED) is 0.321. The molecule has 0 amide bonds. The van der Waals surface area contributed by atoms with Crippen LogP contribution in [0.4, 0.5) is 0 Å². The van der Waals surface area contributed by atoms with E-state index in [2.05, 4.69) is 31.0 Å². The van der Waals surface area contributed by atoms with Crippen LogP contribution in [0.2, 0.25) is 0 Å². The molecule has 2 fully saturated rings. The lowest BCUT2D eigenvalue weighted by Crippen LogP contribution is -2.27. The molecule has 0 aliphatic heterocycles. The molecule has 0 unspecified atom stereocenters. The topological polar surface area (TPSA) is 22.1 Å². The Bertz CT molecular complexity index is 553. The van der Waals surface area contributed by atoms with Crippen LogP contribution in [-0.4, -0.2) is 11.6 Å². The molecule has 2 heteroatoms. The number of pyridine rings is 1. The van der Waals surface area contributed by atoms with Gasteiger partial charge in [-0.25, -0.2) is 0 Å². The summed E-state index contributed by atoms with van der Waals surface area (Å²) in [5, 5.41) is 0. The number of nitrogens with zero attached hydrogens (tertiary/aromatic N) is 1. The molecule has 2 aliphatic rings. The zero-order valence-electron chi connectivity index (χ0n) is 19.9. The number of aromatic nitrogens is 1. The van der Waals surface area contributed by atoms with Gasteiger partial charge in [-0.1, -0.05) is 65.2 Å². The highest BCUT2D eigenvalue weighted by Crippen LogP contribution is 2.42. The highest BCUT2D eigenvalue weighted by atomic mass is 16.5. The van der Waals surface area contributed by atoms with E-state index in [1.807, 2.05) is 6.20 Å². The first kappa shape index (κ1) is 23.6. The highest BCUT2D eigenvalue weighted by Gasteiger charge is 2.30. The summed E-state index contributed by atoms with van der Waals surface area (Å²) in [5.74, 6) is 4.78. The predicted molar refractivity (Wildman–Crippen MR) is 128 cm³/mol. The normalized spacial score (nSPS) is 27.1. The van der Waals surface area contributed by atoms with Gasteiger partial charge in [0.25, 0.3) is 0 Å². The fourth-order valence-electron chi connectivity index (χ4n) is 5.86. The average molecular weight is 414 g/mol. The zero-order chi connectivity index (χ0) is 21.0. The summed E-state index contributed by atoms with van der Waals surface area (Å²) in [5.41, 5.74) is 1.21.